The number of nitrogens with two attached hydrogens (primary N) is 2. The summed E-state index contributed by atoms with van der Waals surface area (Å²) >= 11 is 0. The summed E-state index contributed by atoms with van der Waals surface area (Å²) in [5.41, 5.74) is 12.2. The summed E-state index contributed by atoms with van der Waals surface area (Å²) in [5.74, 6) is -8.91. The number of nitrogens with one attached hydrogen (secondary N) is 7. The number of carbonyl (C=O) groups excluding carboxylic acids is 9. The Morgan fingerprint density at radius 1 is 0.759 bits per heavy atom. The van der Waals surface area contributed by atoms with E-state index < -0.39 is 126 Å². The van der Waals surface area contributed by atoms with Gasteiger partial charge in [-0.25, -0.2) is 8.78 Å². The molecule has 0 radical (unpaired) electrons. The van der Waals surface area contributed by atoms with E-state index in [1.54, 1.807) is 49.7 Å². The van der Waals surface area contributed by atoms with Crippen LogP contribution in [0.4, 0.5) is 8.78 Å². The minimum absolute atomic E-state index is 0.0636. The molecule has 0 spiro atoms. The van der Waals surface area contributed by atoms with Crippen LogP contribution in [-0.4, -0.2) is 136 Å². The third kappa shape index (κ3) is 20.3. The quantitative estimate of drug-likeness (QED) is 0.0329. The molecule has 0 bridgehead atoms. The van der Waals surface area contributed by atoms with Crippen molar-refractivity contribution in [3.63, 3.8) is 0 Å². The number of pyridine rings is 1. The molecule has 0 unspecified atom stereocenters. The summed E-state index contributed by atoms with van der Waals surface area (Å²) in [7, 11) is 0. The minimum Gasteiger partial charge on any atom is -0.387 e. The van der Waals surface area contributed by atoms with E-state index >= 15 is 4.39 Å². The summed E-state index contributed by atoms with van der Waals surface area (Å²) in [6.45, 7) is 7.97. The van der Waals surface area contributed by atoms with Crippen LogP contribution >= 0.6 is 0 Å². The van der Waals surface area contributed by atoms with Gasteiger partial charge in [0.05, 0.1) is 18.9 Å². The molecule has 12 N–H and O–H groups in total. The zero-order valence-electron chi connectivity index (χ0n) is 46.4. The van der Waals surface area contributed by atoms with Crippen molar-refractivity contribution in [2.24, 2.45) is 16.9 Å². The van der Waals surface area contributed by atoms with Crippen molar-refractivity contribution < 1.29 is 58.5 Å². The van der Waals surface area contributed by atoms with Crippen LogP contribution in [0.3, 0.4) is 0 Å². The summed E-state index contributed by atoms with van der Waals surface area (Å²) in [4.78, 5) is 125. The van der Waals surface area contributed by atoms with E-state index in [2.05, 4.69) is 36.9 Å². The van der Waals surface area contributed by atoms with Gasteiger partial charge in [-0.3, -0.25) is 48.1 Å². The fourth-order valence-electron chi connectivity index (χ4n) is 8.64. The molecule has 2 heterocycles. The van der Waals surface area contributed by atoms with Crippen LogP contribution in [0.25, 0.3) is 11.1 Å². The lowest BCUT2D eigenvalue weighted by atomic mass is 9.82. The van der Waals surface area contributed by atoms with Gasteiger partial charge in [0.1, 0.15) is 48.5 Å². The number of carbonyl (C=O) groups is 9. The Morgan fingerprint density at radius 2 is 1.38 bits per heavy atom. The maximum Gasteiger partial charge on any atom is 0.248 e. The summed E-state index contributed by atoms with van der Waals surface area (Å²) < 4.78 is 40.1. The van der Waals surface area contributed by atoms with Crippen molar-refractivity contribution in [3.8, 4) is 11.1 Å². The standard InChI is InChI=1S/C55H74F2N12O10/c1-33(63-47(73)26-36-17-21-60-22-18-36)50(75)64-34(2)51(76)67-44(29-46(59)72)54(79)66-43(53(78)62-24-23-61-52(77)42(65-35(3)71)14-10-11-20-58)19-25-69(48(74)32-70)49(55(4,5)6)45-27-38(40-28-39(56)15-16-41(40)57)31-68(45)30-37-12-8-7-9-13-37/h7-9,12-13,15-18,21-22,27-28,31,33-34,42-44,49,70H,10-11,14,19-20,23-26,29-30,32,58H2,1-6H3,(H2,59,72)(H,61,77)(H,62,78)(H,63,73)(H,64,75)(H,65,71)(H,66,79)(H,67,76)/t33-,34-,42-,43-,44-,49-/m0/s1/i/hD. The number of benzene rings is 2. The molecule has 0 aliphatic rings. The van der Waals surface area contributed by atoms with E-state index in [0.29, 0.717) is 36.0 Å². The van der Waals surface area contributed by atoms with E-state index in [4.69, 9.17) is 12.9 Å². The van der Waals surface area contributed by atoms with Crippen molar-refractivity contribution in [2.75, 3.05) is 32.8 Å². The molecule has 428 valence electrons. The molecule has 0 fully saturated rings. The van der Waals surface area contributed by atoms with Crippen LogP contribution in [0.1, 0.15) is 96.5 Å². The molecule has 0 aliphatic carbocycles. The molecule has 9 amide bonds. The lowest BCUT2D eigenvalue weighted by Gasteiger charge is -2.41. The van der Waals surface area contributed by atoms with Crippen molar-refractivity contribution in [1.29, 1.82) is 0 Å². The van der Waals surface area contributed by atoms with Crippen molar-refractivity contribution in [3.05, 3.63) is 114 Å². The van der Waals surface area contributed by atoms with Gasteiger partial charge >= 0.3 is 0 Å². The monoisotopic (exact) mass is 1100 g/mol. The highest BCUT2D eigenvalue weighted by atomic mass is 19.1. The number of nitrogens with zero attached hydrogens (tertiary/aromatic N) is 3. The number of amides is 9. The Labute approximate surface area is 459 Å². The van der Waals surface area contributed by atoms with Gasteiger partial charge < -0.3 is 63.3 Å². The largest absolute Gasteiger partial charge is 0.387 e. The number of halogens is 2. The molecular weight excluding hydrogens is 1030 g/mol. The van der Waals surface area contributed by atoms with E-state index in [1.807, 2.05) is 30.3 Å². The maximum atomic E-state index is 15.4. The van der Waals surface area contributed by atoms with Gasteiger partial charge in [0.25, 0.3) is 0 Å². The summed E-state index contributed by atoms with van der Waals surface area (Å²) in [6.07, 6.45) is 4.53. The first-order valence-corrected chi connectivity index (χ1v) is 25.9. The maximum absolute atomic E-state index is 15.4. The van der Waals surface area contributed by atoms with E-state index in [1.165, 1.54) is 38.1 Å². The fourth-order valence-corrected chi connectivity index (χ4v) is 8.64. The first-order chi connectivity index (χ1) is 37.8. The number of hydrogen-bond donors (Lipinski definition) is 10. The molecule has 4 rings (SSSR count). The smallest absolute Gasteiger partial charge is 0.248 e. The average Bonchev–Trinajstić information content (AvgIpc) is 3.82. The van der Waals surface area contributed by atoms with Crippen LogP contribution in [0.15, 0.2) is 85.3 Å². The van der Waals surface area contributed by atoms with Gasteiger partial charge in [0.15, 0.2) is 1.41 Å². The number of rotatable bonds is 30. The molecular formula is C55H74F2N12O10. The van der Waals surface area contributed by atoms with Crippen molar-refractivity contribution >= 4 is 53.2 Å². The molecule has 79 heavy (non-hydrogen) atoms. The fraction of sp³-hybridized carbons (Fsp3) is 0.455. The first-order valence-electron chi connectivity index (χ1n) is 26.3. The molecule has 0 aliphatic heterocycles. The minimum atomic E-state index is -1.77. The lowest BCUT2D eigenvalue weighted by Crippen LogP contribution is -2.58. The second-order valence-electron chi connectivity index (χ2n) is 20.1. The van der Waals surface area contributed by atoms with Crippen LogP contribution in [-0.2, 0) is 56.1 Å². The van der Waals surface area contributed by atoms with Crippen molar-refractivity contribution in [2.45, 2.75) is 123 Å². The Kier molecular flexibility index (Phi) is 24.0. The van der Waals surface area contributed by atoms with E-state index in [-0.39, 0.29) is 50.1 Å². The normalized spacial score (nSPS) is 13.7. The number of aliphatic hydroxyl groups excluding tert-OH is 1. The molecule has 0 saturated carbocycles. The Hall–Kier alpha value is -8.12. The van der Waals surface area contributed by atoms with Crippen LogP contribution in [0, 0.1) is 17.0 Å². The molecule has 2 aromatic carbocycles. The van der Waals surface area contributed by atoms with Gasteiger partial charge in [-0.1, -0.05) is 51.1 Å². The van der Waals surface area contributed by atoms with Crippen LogP contribution in [0.2, 0.25) is 1.41 Å². The number of hydrogen-bond acceptors (Lipinski definition) is 12. The second-order valence-corrected chi connectivity index (χ2v) is 20.1. The van der Waals surface area contributed by atoms with Gasteiger partial charge in [0.2, 0.25) is 53.2 Å². The average molecular weight is 1100 g/mol. The number of aromatic nitrogens is 2. The van der Waals surface area contributed by atoms with Gasteiger partial charge in [-0.05, 0) is 99.0 Å². The molecule has 4 aromatic rings. The van der Waals surface area contributed by atoms with Crippen molar-refractivity contribution in [1.82, 2.24) is 51.7 Å². The zero-order chi connectivity index (χ0) is 59.3. The molecule has 22 nitrogen and oxygen atoms in total. The molecule has 2 aromatic heterocycles. The van der Waals surface area contributed by atoms with Crippen LogP contribution in [0.5, 0.6) is 0 Å². The lowest BCUT2D eigenvalue weighted by molar-refractivity contribution is -0.140. The summed E-state index contributed by atoms with van der Waals surface area (Å²) in [5, 5.41) is 26.1. The zero-order valence-corrected chi connectivity index (χ0v) is 45.4. The highest BCUT2D eigenvalue weighted by molar-refractivity contribution is 5.97. The Bertz CT molecular complexity index is 2780. The third-order valence-corrected chi connectivity index (χ3v) is 12.5. The summed E-state index contributed by atoms with van der Waals surface area (Å²) in [6, 6.07) is 8.86. The van der Waals surface area contributed by atoms with E-state index in [9.17, 15) is 52.6 Å². The molecule has 24 heteroatoms. The van der Waals surface area contributed by atoms with Crippen LogP contribution < -0.4 is 48.7 Å². The number of unbranched alkanes of at least 4 members (excludes halogenated alkanes) is 1. The third-order valence-electron chi connectivity index (χ3n) is 12.5. The topological polar surface area (TPSA) is 331 Å². The number of primary amides is 1. The predicted molar refractivity (Wildman–Crippen MR) is 288 cm³/mol. The highest BCUT2D eigenvalue weighted by Crippen LogP contribution is 2.41. The van der Waals surface area contributed by atoms with Gasteiger partial charge in [-0.15, -0.1) is 0 Å². The SMILES string of the molecule is [2H]N(C(=O)Cc1ccncc1)[C@@H](C)C(=O)N[C@@H](C)C(=O)N[C@@H](CC(N)=O)C(=O)N[C@@H](CCN(C(=O)CO)[C@@H](c1cc(-c2cc(F)ccc2F)cn1Cc1ccccc1)C(C)(C)C)C(=O)NCCNC(=O)[C@H](CCCCN)NC(C)=O. The Balaban J connectivity index is 1.67. The van der Waals surface area contributed by atoms with E-state index in [0.717, 1.165) is 23.8 Å². The van der Waals surface area contributed by atoms with Gasteiger partial charge in [-0.2, -0.15) is 0 Å². The predicted octanol–water partition coefficient (Wildman–Crippen LogP) is 1.14. The first kappa shape index (κ1) is 61.7. The Morgan fingerprint density at radius 3 is 1.97 bits per heavy atom. The van der Waals surface area contributed by atoms with Gasteiger partial charge in [0, 0.05) is 68.5 Å². The molecule has 6 atom stereocenters. The highest BCUT2D eigenvalue weighted by Gasteiger charge is 2.39. The number of aliphatic hydroxyl groups is 1. The second kappa shape index (κ2) is 30.7. The molecule has 0 saturated heterocycles.